The molecule has 1 aliphatic rings. The summed E-state index contributed by atoms with van der Waals surface area (Å²) in [5.41, 5.74) is 8.17. The first-order valence-corrected chi connectivity index (χ1v) is 15.0. The van der Waals surface area contributed by atoms with Crippen LogP contribution >= 0.6 is 23.5 Å². The van der Waals surface area contributed by atoms with E-state index in [0.717, 1.165) is 22.6 Å². The normalized spacial score (nSPS) is 13.6. The first-order chi connectivity index (χ1) is 19.5. The van der Waals surface area contributed by atoms with Crippen molar-refractivity contribution in [3.63, 3.8) is 0 Å². The molecule has 4 aromatic rings. The van der Waals surface area contributed by atoms with Crippen molar-refractivity contribution in [1.82, 2.24) is 9.99 Å². The van der Waals surface area contributed by atoms with Crippen LogP contribution in [-0.4, -0.2) is 34.8 Å². The minimum absolute atomic E-state index is 0.117. The molecule has 1 amide bonds. The van der Waals surface area contributed by atoms with Gasteiger partial charge in [0.05, 0.1) is 10.8 Å². The first-order valence-electron chi connectivity index (χ1n) is 12.9. The Balaban J connectivity index is 1.13. The van der Waals surface area contributed by atoms with E-state index in [-0.39, 0.29) is 24.9 Å². The standard InChI is InChI=1S/C31H30FN3O3S2/c1-21-17-25(18-33-34-30(36)20-38-27-11-7-23(8-12-27)31-39-15-16-40-31)22(2)35(21)26-9-13-28(14-10-26)37-19-24-5-3-4-6-29(24)32/h3-14,17-18,31H,15-16,19-20H2,1-2H3,(H,34,36)/b33-18-. The SMILES string of the molecule is Cc1cc(/C=N\NC(=O)COc2ccc(C3SCCS3)cc2)c(C)n1-c1ccc(OCc2ccccc2F)cc1. The van der Waals surface area contributed by atoms with Crippen LogP contribution in [0.5, 0.6) is 11.5 Å². The lowest BCUT2D eigenvalue weighted by Gasteiger charge is -2.12. The lowest BCUT2D eigenvalue weighted by Crippen LogP contribution is -2.24. The summed E-state index contributed by atoms with van der Waals surface area (Å²) in [5.74, 6) is 3.06. The number of hydrogen-bond donors (Lipinski definition) is 1. The van der Waals surface area contributed by atoms with Gasteiger partial charge in [-0.3, -0.25) is 4.79 Å². The van der Waals surface area contributed by atoms with E-state index < -0.39 is 0 Å². The molecule has 40 heavy (non-hydrogen) atoms. The Labute approximate surface area is 242 Å². The van der Waals surface area contributed by atoms with Crippen LogP contribution < -0.4 is 14.9 Å². The summed E-state index contributed by atoms with van der Waals surface area (Å²) in [6.45, 7) is 4.05. The van der Waals surface area contributed by atoms with Crippen molar-refractivity contribution >= 4 is 35.6 Å². The van der Waals surface area contributed by atoms with E-state index in [4.69, 9.17) is 9.47 Å². The zero-order valence-electron chi connectivity index (χ0n) is 22.3. The van der Waals surface area contributed by atoms with Crippen molar-refractivity contribution < 1.29 is 18.7 Å². The van der Waals surface area contributed by atoms with Crippen LogP contribution in [0.3, 0.4) is 0 Å². The Bertz CT molecular complexity index is 1480. The number of benzene rings is 3. The number of thioether (sulfide) groups is 2. The molecule has 206 valence electrons. The van der Waals surface area contributed by atoms with E-state index in [1.54, 1.807) is 24.4 Å². The van der Waals surface area contributed by atoms with Gasteiger partial charge in [0, 0.05) is 39.7 Å². The Morgan fingerprint density at radius 3 is 2.40 bits per heavy atom. The predicted molar refractivity (Wildman–Crippen MR) is 161 cm³/mol. The lowest BCUT2D eigenvalue weighted by molar-refractivity contribution is -0.123. The highest BCUT2D eigenvalue weighted by Gasteiger charge is 2.18. The van der Waals surface area contributed by atoms with E-state index in [1.807, 2.05) is 79.8 Å². The summed E-state index contributed by atoms with van der Waals surface area (Å²) in [6, 6.07) is 24.2. The van der Waals surface area contributed by atoms with Gasteiger partial charge in [-0.2, -0.15) is 5.10 Å². The van der Waals surface area contributed by atoms with Crippen LogP contribution in [0.15, 0.2) is 84.0 Å². The molecule has 0 unspecified atom stereocenters. The third-order valence-electron chi connectivity index (χ3n) is 6.45. The fourth-order valence-corrected chi connectivity index (χ4v) is 7.27. The second kappa shape index (κ2) is 13.1. The Morgan fingerprint density at radius 2 is 1.68 bits per heavy atom. The molecular weight excluding hydrogens is 545 g/mol. The highest BCUT2D eigenvalue weighted by Crippen LogP contribution is 2.45. The number of ether oxygens (including phenoxy) is 2. The number of carbonyl (C=O) groups is 1. The molecule has 1 N–H and O–H groups in total. The smallest absolute Gasteiger partial charge is 0.277 e. The Morgan fingerprint density at radius 1 is 1.00 bits per heavy atom. The van der Waals surface area contributed by atoms with Crippen LogP contribution in [0.4, 0.5) is 4.39 Å². The van der Waals surface area contributed by atoms with Gasteiger partial charge >= 0.3 is 0 Å². The summed E-state index contributed by atoms with van der Waals surface area (Å²) in [4.78, 5) is 12.3. The molecule has 3 aromatic carbocycles. The number of carbonyl (C=O) groups excluding carboxylic acids is 1. The molecule has 1 fully saturated rings. The molecule has 1 aromatic heterocycles. The zero-order valence-corrected chi connectivity index (χ0v) is 23.9. The number of nitrogens with zero attached hydrogens (tertiary/aromatic N) is 2. The lowest BCUT2D eigenvalue weighted by atomic mass is 10.2. The highest BCUT2D eigenvalue weighted by molar-refractivity contribution is 8.19. The molecule has 0 saturated carbocycles. The number of halogens is 1. The van der Waals surface area contributed by atoms with Crippen LogP contribution in [0.2, 0.25) is 0 Å². The minimum atomic E-state index is -0.331. The number of rotatable bonds is 10. The topological polar surface area (TPSA) is 64.8 Å². The molecule has 6 nitrogen and oxygen atoms in total. The summed E-state index contributed by atoms with van der Waals surface area (Å²) >= 11 is 3.91. The number of nitrogens with one attached hydrogen (secondary N) is 1. The van der Waals surface area contributed by atoms with Crippen molar-refractivity contribution in [2.24, 2.45) is 5.10 Å². The number of aromatic nitrogens is 1. The van der Waals surface area contributed by atoms with Gasteiger partial charge in [0.2, 0.25) is 0 Å². The first kappa shape index (κ1) is 27.9. The van der Waals surface area contributed by atoms with Gasteiger partial charge in [0.1, 0.15) is 23.9 Å². The molecule has 9 heteroatoms. The average molecular weight is 576 g/mol. The average Bonchev–Trinajstić information content (AvgIpc) is 3.60. The largest absolute Gasteiger partial charge is 0.489 e. The highest BCUT2D eigenvalue weighted by atomic mass is 32.2. The van der Waals surface area contributed by atoms with Crippen molar-refractivity contribution in [3.8, 4) is 17.2 Å². The van der Waals surface area contributed by atoms with Gasteiger partial charge in [-0.05, 0) is 67.9 Å². The molecule has 5 rings (SSSR count). The fourth-order valence-electron chi connectivity index (χ4n) is 4.41. The second-order valence-electron chi connectivity index (χ2n) is 9.26. The summed E-state index contributed by atoms with van der Waals surface area (Å²) in [5, 5.41) is 4.13. The number of aryl methyl sites for hydroxylation is 1. The maximum absolute atomic E-state index is 13.8. The van der Waals surface area contributed by atoms with Crippen molar-refractivity contribution in [2.75, 3.05) is 18.1 Å². The fraction of sp³-hybridized carbons (Fsp3) is 0.226. The van der Waals surface area contributed by atoms with Gasteiger partial charge in [-0.25, -0.2) is 9.82 Å². The number of hydrogen-bond acceptors (Lipinski definition) is 6. The van der Waals surface area contributed by atoms with E-state index in [9.17, 15) is 9.18 Å². The van der Waals surface area contributed by atoms with Gasteiger partial charge in [-0.15, -0.1) is 23.5 Å². The summed E-state index contributed by atoms with van der Waals surface area (Å²) < 4.78 is 27.8. The monoisotopic (exact) mass is 575 g/mol. The molecule has 2 heterocycles. The molecule has 0 atom stereocenters. The van der Waals surface area contributed by atoms with E-state index in [0.29, 0.717) is 21.6 Å². The minimum Gasteiger partial charge on any atom is -0.489 e. The molecular formula is C31H30FN3O3S2. The molecule has 0 bridgehead atoms. The van der Waals surface area contributed by atoms with E-state index in [2.05, 4.69) is 27.2 Å². The van der Waals surface area contributed by atoms with Crippen LogP contribution in [-0.2, 0) is 11.4 Å². The molecule has 1 saturated heterocycles. The molecule has 0 spiro atoms. The number of amides is 1. The zero-order chi connectivity index (χ0) is 27.9. The third-order valence-corrected chi connectivity index (χ3v) is 9.56. The van der Waals surface area contributed by atoms with Gasteiger partial charge in [0.25, 0.3) is 5.91 Å². The third kappa shape index (κ3) is 6.89. The molecule has 1 aliphatic heterocycles. The van der Waals surface area contributed by atoms with Crippen LogP contribution in [0.25, 0.3) is 5.69 Å². The van der Waals surface area contributed by atoms with Gasteiger partial charge < -0.3 is 14.0 Å². The molecule has 0 aliphatic carbocycles. The predicted octanol–water partition coefficient (Wildman–Crippen LogP) is 6.82. The quantitative estimate of drug-likeness (QED) is 0.166. The number of hydrazone groups is 1. The molecule has 0 radical (unpaired) electrons. The van der Waals surface area contributed by atoms with E-state index in [1.165, 1.54) is 23.1 Å². The Hall–Kier alpha value is -3.69. The van der Waals surface area contributed by atoms with Crippen LogP contribution in [0.1, 0.15) is 32.7 Å². The van der Waals surface area contributed by atoms with E-state index >= 15 is 0 Å². The second-order valence-corrected chi connectivity index (χ2v) is 12.0. The van der Waals surface area contributed by atoms with Crippen molar-refractivity contribution in [2.45, 2.75) is 25.0 Å². The summed E-state index contributed by atoms with van der Waals surface area (Å²) in [6.07, 6.45) is 1.63. The van der Waals surface area contributed by atoms with Crippen molar-refractivity contribution in [3.05, 3.63) is 113 Å². The van der Waals surface area contributed by atoms with Gasteiger partial charge in [-0.1, -0.05) is 30.3 Å². The van der Waals surface area contributed by atoms with Gasteiger partial charge in [0.15, 0.2) is 6.61 Å². The maximum Gasteiger partial charge on any atom is 0.277 e. The summed E-state index contributed by atoms with van der Waals surface area (Å²) in [7, 11) is 0. The maximum atomic E-state index is 13.8. The van der Waals surface area contributed by atoms with Crippen LogP contribution in [0, 0.1) is 19.7 Å². The Kier molecular flexibility index (Phi) is 9.13. The van der Waals surface area contributed by atoms with Crippen molar-refractivity contribution in [1.29, 1.82) is 0 Å².